The molecular weight excluding hydrogens is 294 g/mol. The number of aromatic nitrogens is 1. The van der Waals surface area contributed by atoms with Gasteiger partial charge in [-0.15, -0.1) is 0 Å². The monoisotopic (exact) mass is 309 g/mol. The van der Waals surface area contributed by atoms with Crippen molar-refractivity contribution in [2.75, 3.05) is 13.7 Å². The lowest BCUT2D eigenvalue weighted by atomic mass is 10.1. The number of hydrogen-bond acceptors (Lipinski definition) is 6. The Labute approximate surface area is 123 Å². The number of nitriles is 1. The normalized spacial score (nSPS) is 19.7. The van der Waals surface area contributed by atoms with Gasteiger partial charge < -0.3 is 4.74 Å². The maximum absolute atomic E-state index is 12.6. The maximum Gasteiger partial charge on any atom is 0.324 e. The molecule has 1 aromatic rings. The molecule has 0 saturated carbocycles. The summed E-state index contributed by atoms with van der Waals surface area (Å²) in [5, 5.41) is 8.69. The number of carbonyl (C=O) groups excluding carboxylic acids is 1. The van der Waals surface area contributed by atoms with E-state index in [9.17, 15) is 13.2 Å². The van der Waals surface area contributed by atoms with Gasteiger partial charge in [-0.1, -0.05) is 0 Å². The largest absolute Gasteiger partial charge is 0.468 e. The fourth-order valence-electron chi connectivity index (χ4n) is 2.30. The molecule has 0 aliphatic carbocycles. The number of carbonyl (C=O) groups is 1. The van der Waals surface area contributed by atoms with Crippen molar-refractivity contribution < 1.29 is 17.9 Å². The number of rotatable bonds is 3. The first-order chi connectivity index (χ1) is 10.0. The lowest BCUT2D eigenvalue weighted by Crippen LogP contribution is -2.48. The van der Waals surface area contributed by atoms with Crippen molar-refractivity contribution in [3.63, 3.8) is 0 Å². The molecule has 1 aliphatic heterocycles. The Morgan fingerprint density at radius 1 is 1.48 bits per heavy atom. The van der Waals surface area contributed by atoms with Crippen LogP contribution in [0.1, 0.15) is 25.0 Å². The van der Waals surface area contributed by atoms with Gasteiger partial charge in [0.2, 0.25) is 10.0 Å². The van der Waals surface area contributed by atoms with Crippen LogP contribution in [0.15, 0.2) is 23.2 Å². The third kappa shape index (κ3) is 3.04. The number of nitrogens with zero attached hydrogens (tertiary/aromatic N) is 3. The molecule has 2 heterocycles. The van der Waals surface area contributed by atoms with Gasteiger partial charge in [-0.2, -0.15) is 9.57 Å². The Bertz CT molecular complexity index is 664. The van der Waals surface area contributed by atoms with Gasteiger partial charge >= 0.3 is 5.97 Å². The molecule has 21 heavy (non-hydrogen) atoms. The summed E-state index contributed by atoms with van der Waals surface area (Å²) in [6.07, 6.45) is 3.04. The van der Waals surface area contributed by atoms with Crippen molar-refractivity contribution in [2.45, 2.75) is 30.2 Å². The molecule has 1 atom stereocenters. The third-order valence-electron chi connectivity index (χ3n) is 3.38. The Morgan fingerprint density at radius 3 is 2.81 bits per heavy atom. The number of ether oxygens (including phenoxy) is 1. The highest BCUT2D eigenvalue weighted by atomic mass is 32.2. The van der Waals surface area contributed by atoms with E-state index in [4.69, 9.17) is 5.26 Å². The van der Waals surface area contributed by atoms with Crippen molar-refractivity contribution in [3.05, 3.63) is 24.0 Å². The average molecular weight is 309 g/mol. The van der Waals surface area contributed by atoms with E-state index in [1.807, 2.05) is 6.07 Å². The molecular formula is C13H15N3O4S. The van der Waals surface area contributed by atoms with E-state index in [-0.39, 0.29) is 17.1 Å². The van der Waals surface area contributed by atoms with Crippen molar-refractivity contribution in [2.24, 2.45) is 0 Å². The zero-order valence-corrected chi connectivity index (χ0v) is 12.3. The topological polar surface area (TPSA) is 100 Å². The maximum atomic E-state index is 12.6. The number of sulfonamides is 1. The first-order valence-electron chi connectivity index (χ1n) is 6.46. The molecule has 0 spiro atoms. The van der Waals surface area contributed by atoms with E-state index in [0.717, 1.165) is 16.9 Å². The predicted molar refractivity (Wildman–Crippen MR) is 72.5 cm³/mol. The second kappa shape index (κ2) is 6.20. The standard InChI is InChI=1S/C13H15N3O4S/c1-20-13(17)12-4-2-3-7-16(12)21(18,19)11-6-5-10(8-14)15-9-11/h5-6,9,12H,2-4,7H2,1H3/t12-/m1/s1. The fourth-order valence-corrected chi connectivity index (χ4v) is 3.89. The van der Waals surface area contributed by atoms with Crippen molar-refractivity contribution in [3.8, 4) is 6.07 Å². The summed E-state index contributed by atoms with van der Waals surface area (Å²) in [5.74, 6) is -0.556. The van der Waals surface area contributed by atoms with Gasteiger partial charge in [-0.25, -0.2) is 13.4 Å². The molecule has 0 bridgehead atoms. The molecule has 1 aliphatic rings. The first kappa shape index (κ1) is 15.4. The number of pyridine rings is 1. The average Bonchev–Trinajstić information content (AvgIpc) is 2.54. The Hall–Kier alpha value is -1.98. The summed E-state index contributed by atoms with van der Waals surface area (Å²) >= 11 is 0. The fraction of sp³-hybridized carbons (Fsp3) is 0.462. The van der Waals surface area contributed by atoms with Gasteiger partial charge in [0, 0.05) is 12.7 Å². The molecule has 1 saturated heterocycles. The van der Waals surface area contributed by atoms with Crippen LogP contribution in [0.5, 0.6) is 0 Å². The summed E-state index contributed by atoms with van der Waals surface area (Å²) in [7, 11) is -2.59. The second-order valence-corrected chi connectivity index (χ2v) is 6.53. The van der Waals surface area contributed by atoms with E-state index < -0.39 is 22.0 Å². The third-order valence-corrected chi connectivity index (χ3v) is 5.28. The van der Waals surface area contributed by atoms with Crippen LogP contribution >= 0.6 is 0 Å². The van der Waals surface area contributed by atoms with E-state index in [0.29, 0.717) is 12.8 Å². The number of piperidine rings is 1. The molecule has 7 nitrogen and oxygen atoms in total. The molecule has 0 amide bonds. The van der Waals surface area contributed by atoms with Crippen LogP contribution in [0.3, 0.4) is 0 Å². The van der Waals surface area contributed by atoms with Crippen LogP contribution in [0.4, 0.5) is 0 Å². The van der Waals surface area contributed by atoms with Crippen molar-refractivity contribution >= 4 is 16.0 Å². The van der Waals surface area contributed by atoms with Crippen LogP contribution < -0.4 is 0 Å². The Kier molecular flexibility index (Phi) is 4.55. The molecule has 0 radical (unpaired) electrons. The minimum absolute atomic E-state index is 0.0303. The Balaban J connectivity index is 2.35. The van der Waals surface area contributed by atoms with Gasteiger partial charge in [0.05, 0.1) is 7.11 Å². The predicted octanol–water partition coefficient (Wildman–Crippen LogP) is 0.669. The van der Waals surface area contributed by atoms with E-state index in [1.54, 1.807) is 0 Å². The SMILES string of the molecule is COC(=O)[C@H]1CCCCN1S(=O)(=O)c1ccc(C#N)nc1. The second-order valence-electron chi connectivity index (χ2n) is 4.64. The summed E-state index contributed by atoms with van der Waals surface area (Å²) in [6.45, 7) is 0.266. The minimum atomic E-state index is -3.83. The van der Waals surface area contributed by atoms with Gasteiger partial charge in [0.25, 0.3) is 0 Å². The van der Waals surface area contributed by atoms with Crippen molar-refractivity contribution in [1.29, 1.82) is 5.26 Å². The highest BCUT2D eigenvalue weighted by Crippen LogP contribution is 2.25. The van der Waals surface area contributed by atoms with E-state index in [1.165, 1.54) is 19.2 Å². The lowest BCUT2D eigenvalue weighted by molar-refractivity contribution is -0.146. The van der Waals surface area contributed by atoms with Gasteiger partial charge in [0.1, 0.15) is 22.7 Å². The first-order valence-corrected chi connectivity index (χ1v) is 7.90. The molecule has 0 N–H and O–H groups in total. The van der Waals surface area contributed by atoms with Crippen molar-refractivity contribution in [1.82, 2.24) is 9.29 Å². The number of hydrogen-bond donors (Lipinski definition) is 0. The van der Waals surface area contributed by atoms with Gasteiger partial charge in [-0.05, 0) is 31.4 Å². The molecule has 112 valence electrons. The van der Waals surface area contributed by atoms with Crippen LogP contribution in [0.2, 0.25) is 0 Å². The summed E-state index contributed by atoms with van der Waals surface area (Å²) in [4.78, 5) is 15.5. The zero-order chi connectivity index (χ0) is 15.5. The number of methoxy groups -OCH3 is 1. The van der Waals surface area contributed by atoms with Gasteiger partial charge in [-0.3, -0.25) is 4.79 Å². The van der Waals surface area contributed by atoms with Crippen LogP contribution in [-0.2, 0) is 19.6 Å². The summed E-state index contributed by atoms with van der Waals surface area (Å²) in [5.41, 5.74) is 0.136. The molecule has 1 aromatic heterocycles. The molecule has 8 heteroatoms. The molecule has 1 fully saturated rings. The molecule has 0 unspecified atom stereocenters. The van der Waals surface area contributed by atoms with Gasteiger partial charge in [0.15, 0.2) is 0 Å². The van der Waals surface area contributed by atoms with Crippen LogP contribution in [0.25, 0.3) is 0 Å². The highest BCUT2D eigenvalue weighted by Gasteiger charge is 2.38. The van der Waals surface area contributed by atoms with Crippen LogP contribution in [0, 0.1) is 11.3 Å². The smallest absolute Gasteiger partial charge is 0.324 e. The Morgan fingerprint density at radius 2 is 2.24 bits per heavy atom. The summed E-state index contributed by atoms with van der Waals surface area (Å²) in [6, 6.07) is 3.69. The molecule has 0 aromatic carbocycles. The zero-order valence-electron chi connectivity index (χ0n) is 11.5. The highest BCUT2D eigenvalue weighted by molar-refractivity contribution is 7.89. The lowest BCUT2D eigenvalue weighted by Gasteiger charge is -2.32. The summed E-state index contributed by atoms with van der Waals surface area (Å²) < 4.78 is 31.1. The van der Waals surface area contributed by atoms with Crippen LogP contribution in [-0.4, -0.2) is 43.4 Å². The quantitative estimate of drug-likeness (QED) is 0.761. The number of esters is 1. The minimum Gasteiger partial charge on any atom is -0.468 e. The van der Waals surface area contributed by atoms with E-state index in [2.05, 4.69) is 9.72 Å². The van der Waals surface area contributed by atoms with E-state index >= 15 is 0 Å². The molecule has 2 rings (SSSR count).